The predicted octanol–water partition coefficient (Wildman–Crippen LogP) is 2.22. The van der Waals surface area contributed by atoms with Crippen molar-refractivity contribution < 1.29 is 4.79 Å². The number of carbonyl (C=O) groups excluding carboxylic acids is 1. The summed E-state index contributed by atoms with van der Waals surface area (Å²) in [7, 11) is 0. The van der Waals surface area contributed by atoms with Crippen LogP contribution in [-0.4, -0.2) is 33.4 Å². The van der Waals surface area contributed by atoms with E-state index in [0.29, 0.717) is 31.9 Å². The van der Waals surface area contributed by atoms with Crippen LogP contribution in [0.2, 0.25) is 4.34 Å². The fourth-order valence-corrected chi connectivity index (χ4v) is 2.96. The second-order valence-electron chi connectivity index (χ2n) is 4.31. The number of thiophene rings is 1. The molecule has 2 rings (SSSR count). The highest BCUT2D eigenvalue weighted by molar-refractivity contribution is 7.16. The van der Waals surface area contributed by atoms with Crippen LogP contribution in [0.3, 0.4) is 0 Å². The third kappa shape index (κ3) is 3.59. The van der Waals surface area contributed by atoms with Gasteiger partial charge in [-0.25, -0.2) is 4.98 Å². The van der Waals surface area contributed by atoms with Gasteiger partial charge in [0.25, 0.3) is 5.91 Å². The molecular weight excluding hydrogens is 296 g/mol. The van der Waals surface area contributed by atoms with Gasteiger partial charge in [-0.3, -0.25) is 4.79 Å². The van der Waals surface area contributed by atoms with E-state index in [-0.39, 0.29) is 5.91 Å². The topological polar surface area (TPSA) is 64.2 Å². The van der Waals surface area contributed by atoms with Crippen LogP contribution in [0, 0.1) is 0 Å². The second kappa shape index (κ2) is 6.88. The standard InChI is InChI=1S/C13H17ClN4OS/c1-2-18(7-10-3-4-12(14)20-10)13(19)11-8-17(6-5-15)9-16-11/h3-4,8-9H,2,5-7,15H2,1H3. The van der Waals surface area contributed by atoms with E-state index in [0.717, 1.165) is 9.21 Å². The molecule has 2 N–H and O–H groups in total. The lowest BCUT2D eigenvalue weighted by Crippen LogP contribution is -2.30. The molecule has 7 heteroatoms. The average molecular weight is 313 g/mol. The van der Waals surface area contributed by atoms with Gasteiger partial charge in [0.15, 0.2) is 0 Å². The van der Waals surface area contributed by atoms with Gasteiger partial charge in [-0.05, 0) is 19.1 Å². The quantitative estimate of drug-likeness (QED) is 0.889. The third-order valence-corrected chi connectivity index (χ3v) is 4.10. The summed E-state index contributed by atoms with van der Waals surface area (Å²) in [5.41, 5.74) is 5.93. The third-order valence-electron chi connectivity index (χ3n) is 2.88. The molecule has 0 aliphatic rings. The first kappa shape index (κ1) is 15.0. The molecule has 0 aliphatic heterocycles. The molecule has 1 amide bonds. The lowest BCUT2D eigenvalue weighted by Gasteiger charge is -2.18. The molecule has 0 radical (unpaired) electrons. The van der Waals surface area contributed by atoms with Crippen molar-refractivity contribution in [3.05, 3.63) is 39.6 Å². The van der Waals surface area contributed by atoms with E-state index in [1.54, 1.807) is 17.4 Å². The summed E-state index contributed by atoms with van der Waals surface area (Å²) in [6.07, 6.45) is 3.37. The van der Waals surface area contributed by atoms with E-state index in [2.05, 4.69) is 4.98 Å². The van der Waals surface area contributed by atoms with Crippen LogP contribution < -0.4 is 5.73 Å². The van der Waals surface area contributed by atoms with Crippen molar-refractivity contribution in [1.29, 1.82) is 0 Å². The molecule has 0 spiro atoms. The normalized spacial score (nSPS) is 10.8. The molecule has 0 unspecified atom stereocenters. The van der Waals surface area contributed by atoms with Crippen molar-refractivity contribution in [3.63, 3.8) is 0 Å². The molecule has 108 valence electrons. The van der Waals surface area contributed by atoms with E-state index in [1.807, 2.05) is 23.6 Å². The monoisotopic (exact) mass is 312 g/mol. The first-order chi connectivity index (χ1) is 9.63. The number of nitrogens with two attached hydrogens (primary N) is 1. The second-order valence-corrected chi connectivity index (χ2v) is 6.11. The molecule has 5 nitrogen and oxygen atoms in total. The number of hydrogen-bond donors (Lipinski definition) is 1. The molecule has 0 aliphatic carbocycles. The number of hydrogen-bond acceptors (Lipinski definition) is 4. The van der Waals surface area contributed by atoms with Crippen LogP contribution in [0.5, 0.6) is 0 Å². The summed E-state index contributed by atoms with van der Waals surface area (Å²) in [6.45, 7) is 4.31. The average Bonchev–Trinajstić information content (AvgIpc) is 3.05. The lowest BCUT2D eigenvalue weighted by molar-refractivity contribution is 0.0748. The zero-order valence-corrected chi connectivity index (χ0v) is 12.8. The maximum Gasteiger partial charge on any atom is 0.274 e. The Morgan fingerprint density at radius 2 is 2.35 bits per heavy atom. The molecule has 0 atom stereocenters. The first-order valence-electron chi connectivity index (χ1n) is 6.39. The van der Waals surface area contributed by atoms with Crippen molar-refractivity contribution in [3.8, 4) is 0 Å². The fraction of sp³-hybridized carbons (Fsp3) is 0.385. The maximum absolute atomic E-state index is 12.4. The lowest BCUT2D eigenvalue weighted by atomic mass is 10.3. The molecule has 0 saturated carbocycles. The highest BCUT2D eigenvalue weighted by Gasteiger charge is 2.17. The van der Waals surface area contributed by atoms with Crippen LogP contribution in [0.1, 0.15) is 22.3 Å². The first-order valence-corrected chi connectivity index (χ1v) is 7.58. The van der Waals surface area contributed by atoms with Crippen molar-refractivity contribution in [2.75, 3.05) is 13.1 Å². The number of aromatic nitrogens is 2. The Kier molecular flexibility index (Phi) is 5.17. The van der Waals surface area contributed by atoms with E-state index < -0.39 is 0 Å². The smallest absolute Gasteiger partial charge is 0.274 e. The molecular formula is C13H17ClN4OS. The summed E-state index contributed by atoms with van der Waals surface area (Å²) in [6, 6.07) is 3.78. The van der Waals surface area contributed by atoms with E-state index in [9.17, 15) is 4.79 Å². The minimum Gasteiger partial charge on any atom is -0.335 e. The van der Waals surface area contributed by atoms with Crippen molar-refractivity contribution >= 4 is 28.8 Å². The maximum atomic E-state index is 12.4. The highest BCUT2D eigenvalue weighted by atomic mass is 35.5. The van der Waals surface area contributed by atoms with Gasteiger partial charge in [-0.2, -0.15) is 0 Å². The molecule has 0 bridgehead atoms. The number of rotatable bonds is 6. The summed E-state index contributed by atoms with van der Waals surface area (Å²) >= 11 is 7.40. The van der Waals surface area contributed by atoms with E-state index in [4.69, 9.17) is 17.3 Å². The van der Waals surface area contributed by atoms with Gasteiger partial charge in [-0.1, -0.05) is 11.6 Å². The van der Waals surface area contributed by atoms with Crippen LogP contribution in [0.25, 0.3) is 0 Å². The van der Waals surface area contributed by atoms with E-state index in [1.165, 1.54) is 11.3 Å². The van der Waals surface area contributed by atoms with Crippen LogP contribution in [-0.2, 0) is 13.1 Å². The van der Waals surface area contributed by atoms with Gasteiger partial charge < -0.3 is 15.2 Å². The zero-order chi connectivity index (χ0) is 14.5. The van der Waals surface area contributed by atoms with Gasteiger partial charge in [0.05, 0.1) is 17.2 Å². The van der Waals surface area contributed by atoms with Gasteiger partial charge in [0.2, 0.25) is 0 Å². The van der Waals surface area contributed by atoms with Crippen LogP contribution in [0.15, 0.2) is 24.7 Å². The predicted molar refractivity (Wildman–Crippen MR) is 81.0 cm³/mol. The Bertz CT molecular complexity index is 580. The Labute approximate surface area is 127 Å². The number of amides is 1. The van der Waals surface area contributed by atoms with E-state index >= 15 is 0 Å². The van der Waals surface area contributed by atoms with Gasteiger partial charge in [-0.15, -0.1) is 11.3 Å². The molecule has 2 aromatic heterocycles. The van der Waals surface area contributed by atoms with Crippen LogP contribution >= 0.6 is 22.9 Å². The fourth-order valence-electron chi connectivity index (χ4n) is 1.86. The Hall–Kier alpha value is -1.37. The summed E-state index contributed by atoms with van der Waals surface area (Å²) in [4.78, 5) is 19.3. The van der Waals surface area contributed by atoms with Crippen molar-refractivity contribution in [2.24, 2.45) is 5.73 Å². The number of halogens is 1. The molecule has 0 aromatic carbocycles. The molecule has 0 saturated heterocycles. The van der Waals surface area contributed by atoms with Crippen molar-refractivity contribution in [2.45, 2.75) is 20.0 Å². The molecule has 2 aromatic rings. The summed E-state index contributed by atoms with van der Waals surface area (Å²) in [5.74, 6) is -0.0761. The number of imidazole rings is 1. The Balaban J connectivity index is 2.07. The highest BCUT2D eigenvalue weighted by Crippen LogP contribution is 2.23. The minimum atomic E-state index is -0.0761. The van der Waals surface area contributed by atoms with Gasteiger partial charge in [0.1, 0.15) is 5.69 Å². The van der Waals surface area contributed by atoms with Crippen molar-refractivity contribution in [1.82, 2.24) is 14.5 Å². The number of carbonyl (C=O) groups is 1. The Morgan fingerprint density at radius 1 is 1.55 bits per heavy atom. The van der Waals surface area contributed by atoms with Crippen LogP contribution in [0.4, 0.5) is 0 Å². The number of nitrogens with zero attached hydrogens (tertiary/aromatic N) is 3. The SMILES string of the molecule is CCN(Cc1ccc(Cl)s1)C(=O)c1cn(CCN)cn1. The van der Waals surface area contributed by atoms with Gasteiger partial charge >= 0.3 is 0 Å². The molecule has 0 fully saturated rings. The summed E-state index contributed by atoms with van der Waals surface area (Å²) < 4.78 is 2.55. The zero-order valence-electron chi connectivity index (χ0n) is 11.3. The molecule has 2 heterocycles. The minimum absolute atomic E-state index is 0.0761. The summed E-state index contributed by atoms with van der Waals surface area (Å²) in [5, 5.41) is 0. The Morgan fingerprint density at radius 3 is 2.95 bits per heavy atom. The largest absolute Gasteiger partial charge is 0.335 e. The molecule has 20 heavy (non-hydrogen) atoms. The van der Waals surface area contributed by atoms with Gasteiger partial charge in [0, 0.05) is 30.7 Å².